The normalized spacial score (nSPS) is 12.1. The number of rotatable bonds is 45. The van der Waals surface area contributed by atoms with E-state index in [0.717, 1.165) is 25.9 Å². The van der Waals surface area contributed by atoms with Crippen LogP contribution >= 0.6 is 0 Å². The molecule has 52 heavy (non-hydrogen) atoms. The molecule has 0 aliphatic carbocycles. The van der Waals surface area contributed by atoms with Crippen molar-refractivity contribution in [2.45, 2.75) is 290 Å². The van der Waals surface area contributed by atoms with Crippen molar-refractivity contribution in [2.75, 3.05) is 13.1 Å². The number of carboxylic acid groups (broad SMARTS) is 1. The number of hydrogen-bond donors (Lipinski definition) is 0. The molecule has 306 valence electrons. The Balaban J connectivity index is 0. The van der Waals surface area contributed by atoms with Gasteiger partial charge in [0.05, 0.1) is 0 Å². The Kier molecular flexibility index (Phi) is 49.9. The SMILES string of the molecule is CCCCCCCCCCCCCCCCCCCCCN(CCCCCCCCCCCCCCCCCCCCC)C(CC)CCC(=O)[O-].[Na+]. The van der Waals surface area contributed by atoms with E-state index in [4.69, 9.17) is 0 Å². The molecule has 0 fully saturated rings. The van der Waals surface area contributed by atoms with Gasteiger partial charge in [-0.15, -0.1) is 0 Å². The minimum atomic E-state index is -0.889. The van der Waals surface area contributed by atoms with Gasteiger partial charge in [0, 0.05) is 12.0 Å². The van der Waals surface area contributed by atoms with Gasteiger partial charge >= 0.3 is 29.6 Å². The average molecular weight is 742 g/mol. The van der Waals surface area contributed by atoms with Crippen LogP contribution in [0, 0.1) is 0 Å². The van der Waals surface area contributed by atoms with E-state index in [1.165, 1.54) is 244 Å². The molecule has 0 rings (SSSR count). The number of aliphatic carboxylic acids is 1. The van der Waals surface area contributed by atoms with Crippen LogP contribution in [0.3, 0.4) is 0 Å². The number of hydrogen-bond acceptors (Lipinski definition) is 3. The molecule has 0 radical (unpaired) electrons. The largest absolute Gasteiger partial charge is 1.00 e. The summed E-state index contributed by atoms with van der Waals surface area (Å²) in [7, 11) is 0. The number of unbranched alkanes of at least 4 members (excludes halogenated alkanes) is 36. The standard InChI is InChI=1S/C48H97NO2.Na/c1-4-7-9-11-13-15-17-19-21-23-25-27-29-31-33-35-37-39-41-45-49(47(6-3)43-44-48(50)51)46-42-40-38-36-34-32-30-28-26-24-22-20-18-16-14-12-10-8-5-2;/h47H,4-46H2,1-3H3,(H,50,51);/q;+1/p-1. The second-order valence-electron chi connectivity index (χ2n) is 16.7. The maximum atomic E-state index is 11.2. The molecule has 3 nitrogen and oxygen atoms in total. The maximum absolute atomic E-state index is 11.2. The van der Waals surface area contributed by atoms with Crippen molar-refractivity contribution in [2.24, 2.45) is 0 Å². The Morgan fingerprint density at radius 1 is 0.385 bits per heavy atom. The van der Waals surface area contributed by atoms with Crippen molar-refractivity contribution in [1.29, 1.82) is 0 Å². The van der Waals surface area contributed by atoms with Crippen molar-refractivity contribution >= 4 is 5.97 Å². The number of carbonyl (C=O) groups is 1. The van der Waals surface area contributed by atoms with Crippen molar-refractivity contribution in [3.63, 3.8) is 0 Å². The molecule has 4 heteroatoms. The third-order valence-electron chi connectivity index (χ3n) is 11.8. The maximum Gasteiger partial charge on any atom is 1.00 e. The molecule has 0 amide bonds. The first-order valence-electron chi connectivity index (χ1n) is 24.1. The predicted molar refractivity (Wildman–Crippen MR) is 227 cm³/mol. The fraction of sp³-hybridized carbons (Fsp3) is 0.979. The summed E-state index contributed by atoms with van der Waals surface area (Å²) in [5.74, 6) is -0.889. The number of nitrogens with zero attached hydrogens (tertiary/aromatic N) is 1. The van der Waals surface area contributed by atoms with Gasteiger partial charge in [-0.2, -0.15) is 0 Å². The molecule has 0 bridgehead atoms. The molecule has 0 saturated heterocycles. The van der Waals surface area contributed by atoms with E-state index in [-0.39, 0.29) is 36.0 Å². The van der Waals surface area contributed by atoms with Gasteiger partial charge in [0.15, 0.2) is 0 Å². The van der Waals surface area contributed by atoms with E-state index in [2.05, 4.69) is 25.7 Å². The van der Waals surface area contributed by atoms with Crippen LogP contribution in [0.2, 0.25) is 0 Å². The van der Waals surface area contributed by atoms with Gasteiger partial charge in [0.2, 0.25) is 0 Å². The first kappa shape index (κ1) is 54.5. The van der Waals surface area contributed by atoms with Crippen LogP contribution in [0.25, 0.3) is 0 Å². The molecule has 0 saturated carbocycles. The molecule has 0 aromatic rings. The quantitative estimate of drug-likeness (QED) is 0.0461. The van der Waals surface area contributed by atoms with Crippen molar-refractivity contribution in [1.82, 2.24) is 4.90 Å². The number of carboxylic acids is 1. The van der Waals surface area contributed by atoms with Gasteiger partial charge in [-0.3, -0.25) is 0 Å². The Morgan fingerprint density at radius 2 is 0.596 bits per heavy atom. The molecule has 1 unspecified atom stereocenters. The molecular weight excluding hydrogens is 646 g/mol. The Hall–Kier alpha value is 0.430. The van der Waals surface area contributed by atoms with Crippen LogP contribution in [0.5, 0.6) is 0 Å². The van der Waals surface area contributed by atoms with Crippen LogP contribution in [0.4, 0.5) is 0 Å². The van der Waals surface area contributed by atoms with Crippen molar-refractivity contribution in [3.8, 4) is 0 Å². The molecule has 1 atom stereocenters. The van der Waals surface area contributed by atoms with Gasteiger partial charge in [-0.25, -0.2) is 0 Å². The molecule has 0 aliphatic heterocycles. The summed E-state index contributed by atoms with van der Waals surface area (Å²) in [6.07, 6.45) is 55.8. The topological polar surface area (TPSA) is 43.4 Å². The summed E-state index contributed by atoms with van der Waals surface area (Å²) < 4.78 is 0. The zero-order valence-corrected chi connectivity index (χ0v) is 38.7. The third-order valence-corrected chi connectivity index (χ3v) is 11.8. The second-order valence-corrected chi connectivity index (χ2v) is 16.7. The molecule has 0 heterocycles. The van der Waals surface area contributed by atoms with Gasteiger partial charge in [-0.05, 0) is 45.2 Å². The summed E-state index contributed by atoms with van der Waals surface area (Å²) in [5, 5.41) is 11.2. The third kappa shape index (κ3) is 43.2. The van der Waals surface area contributed by atoms with Crippen molar-refractivity contribution < 1.29 is 39.5 Å². The average Bonchev–Trinajstić information content (AvgIpc) is 3.13. The zero-order chi connectivity index (χ0) is 37.1. The fourth-order valence-electron chi connectivity index (χ4n) is 8.19. The summed E-state index contributed by atoms with van der Waals surface area (Å²) in [6, 6.07) is 0.397. The van der Waals surface area contributed by atoms with Crippen LogP contribution in [0.1, 0.15) is 284 Å². The zero-order valence-electron chi connectivity index (χ0n) is 36.7. The smallest absolute Gasteiger partial charge is 0.550 e. The minimum absolute atomic E-state index is 0. The van der Waals surface area contributed by atoms with Crippen LogP contribution < -0.4 is 34.7 Å². The van der Waals surface area contributed by atoms with E-state index in [1.54, 1.807) is 0 Å². The van der Waals surface area contributed by atoms with Gasteiger partial charge in [0.25, 0.3) is 0 Å². The van der Waals surface area contributed by atoms with Gasteiger partial charge in [-0.1, -0.05) is 252 Å². The summed E-state index contributed by atoms with van der Waals surface area (Å²) >= 11 is 0. The molecule has 0 N–H and O–H groups in total. The Morgan fingerprint density at radius 3 is 0.788 bits per heavy atom. The van der Waals surface area contributed by atoms with Crippen LogP contribution in [0.15, 0.2) is 0 Å². The Bertz CT molecular complexity index is 616. The van der Waals surface area contributed by atoms with Crippen molar-refractivity contribution in [3.05, 3.63) is 0 Å². The molecule has 0 aromatic heterocycles. The minimum Gasteiger partial charge on any atom is -0.550 e. The second kappa shape index (κ2) is 47.6. The monoisotopic (exact) mass is 742 g/mol. The van der Waals surface area contributed by atoms with E-state index in [0.29, 0.717) is 6.04 Å². The first-order valence-corrected chi connectivity index (χ1v) is 24.1. The first-order chi connectivity index (χ1) is 25.2. The Labute approximate surface area is 351 Å². The molecular formula is C48H96NNaO2. The van der Waals surface area contributed by atoms with E-state index in [9.17, 15) is 9.90 Å². The summed E-state index contributed by atoms with van der Waals surface area (Å²) in [5.41, 5.74) is 0. The van der Waals surface area contributed by atoms with E-state index >= 15 is 0 Å². The predicted octanol–water partition coefficient (Wildman–Crippen LogP) is 12.5. The fourth-order valence-corrected chi connectivity index (χ4v) is 8.19. The summed E-state index contributed by atoms with van der Waals surface area (Å²) in [6.45, 7) is 9.12. The van der Waals surface area contributed by atoms with E-state index in [1.807, 2.05) is 0 Å². The van der Waals surface area contributed by atoms with Crippen LogP contribution in [-0.4, -0.2) is 30.0 Å². The van der Waals surface area contributed by atoms with Gasteiger partial charge in [0.1, 0.15) is 0 Å². The summed E-state index contributed by atoms with van der Waals surface area (Å²) in [4.78, 5) is 13.8. The van der Waals surface area contributed by atoms with E-state index < -0.39 is 5.97 Å². The number of carbonyl (C=O) groups excluding carboxylic acids is 1. The van der Waals surface area contributed by atoms with Crippen LogP contribution in [-0.2, 0) is 4.79 Å². The molecule has 0 aliphatic rings. The molecule has 0 aromatic carbocycles. The molecule has 0 spiro atoms. The van der Waals surface area contributed by atoms with Gasteiger partial charge < -0.3 is 14.8 Å².